The number of carbonyl (C=O) groups excluding carboxylic acids is 2. The molecule has 14 heteroatoms. The number of ether oxygens (including phenoxy) is 2. The van der Waals surface area contributed by atoms with Crippen LogP contribution in [0.2, 0.25) is 0 Å². The van der Waals surface area contributed by atoms with Gasteiger partial charge in [0.2, 0.25) is 5.91 Å². The number of halogens is 6. The summed E-state index contributed by atoms with van der Waals surface area (Å²) in [4.78, 5) is 29.7. The molecule has 224 valence electrons. The van der Waals surface area contributed by atoms with Crippen molar-refractivity contribution in [3.05, 3.63) is 59.4 Å². The van der Waals surface area contributed by atoms with Crippen molar-refractivity contribution in [3.8, 4) is 11.5 Å². The summed E-state index contributed by atoms with van der Waals surface area (Å²) in [5, 5.41) is 14.3. The molecular formula is C27H29F6N3O5. The Balaban J connectivity index is 2.00. The van der Waals surface area contributed by atoms with Gasteiger partial charge in [-0.15, -0.1) is 0 Å². The number of hydrogen-bond donors (Lipinski definition) is 3. The van der Waals surface area contributed by atoms with Gasteiger partial charge in [-0.25, -0.2) is 0 Å². The molecule has 2 aromatic rings. The number of nitrogens with zero attached hydrogens (tertiary/aromatic N) is 1. The van der Waals surface area contributed by atoms with Gasteiger partial charge in [0.05, 0.1) is 25.6 Å². The molecule has 0 saturated heterocycles. The van der Waals surface area contributed by atoms with Gasteiger partial charge < -0.3 is 25.2 Å². The van der Waals surface area contributed by atoms with Crippen LogP contribution in [0, 0.1) is 0 Å². The summed E-state index contributed by atoms with van der Waals surface area (Å²) in [5.41, 5.74) is -5.34. The average molecular weight is 590 g/mol. The first-order valence-electron chi connectivity index (χ1n) is 12.4. The number of pyridine rings is 1. The first kappa shape index (κ1) is 31.7. The quantitative estimate of drug-likeness (QED) is 0.280. The van der Waals surface area contributed by atoms with Gasteiger partial charge in [-0.2, -0.15) is 26.3 Å². The first-order valence-corrected chi connectivity index (χ1v) is 12.4. The van der Waals surface area contributed by atoms with E-state index in [0.717, 1.165) is 12.1 Å². The van der Waals surface area contributed by atoms with E-state index in [0.29, 0.717) is 5.75 Å². The Morgan fingerprint density at radius 2 is 1.71 bits per heavy atom. The molecule has 2 amide bonds. The van der Waals surface area contributed by atoms with Gasteiger partial charge in [0.1, 0.15) is 17.1 Å². The van der Waals surface area contributed by atoms with E-state index in [1.54, 1.807) is 0 Å². The predicted octanol–water partition coefficient (Wildman–Crippen LogP) is 4.43. The highest BCUT2D eigenvalue weighted by atomic mass is 19.4. The van der Waals surface area contributed by atoms with Gasteiger partial charge in [-0.1, -0.05) is 12.1 Å². The minimum Gasteiger partial charge on any atom is -0.495 e. The second-order valence-electron chi connectivity index (χ2n) is 9.91. The van der Waals surface area contributed by atoms with E-state index >= 15 is 0 Å². The predicted molar refractivity (Wildman–Crippen MR) is 135 cm³/mol. The summed E-state index contributed by atoms with van der Waals surface area (Å²) in [5.74, 6) is -1.60. The van der Waals surface area contributed by atoms with Crippen LogP contribution in [0.15, 0.2) is 48.2 Å². The Kier molecular flexibility index (Phi) is 9.26. The standard InChI is InChI=1S/C27H29F6N3O5/c1-24(2,39)23(38)35-15-20-19(21-10-9-18(40-3)14-34-21)13-25(27(31,32)33,36-22(20)37)16-5-7-17(8-6-16)41-12-4-11-26(28,29)30/h5-10,14,39H,4,11-13,15H2,1-3H3,(H,35,38)(H,36,37)/t25-/m0/s1. The number of alkyl halides is 6. The lowest BCUT2D eigenvalue weighted by Gasteiger charge is -2.41. The lowest BCUT2D eigenvalue weighted by Crippen LogP contribution is -2.59. The van der Waals surface area contributed by atoms with Gasteiger partial charge >= 0.3 is 12.4 Å². The van der Waals surface area contributed by atoms with Crippen molar-refractivity contribution in [2.45, 2.75) is 56.6 Å². The molecule has 0 radical (unpaired) electrons. The third-order valence-corrected chi connectivity index (χ3v) is 6.37. The molecule has 3 rings (SSSR count). The van der Waals surface area contributed by atoms with Crippen LogP contribution in [0.3, 0.4) is 0 Å². The van der Waals surface area contributed by atoms with Gasteiger partial charge in [-0.3, -0.25) is 14.6 Å². The third-order valence-electron chi connectivity index (χ3n) is 6.37. The van der Waals surface area contributed by atoms with Crippen LogP contribution in [-0.4, -0.2) is 60.1 Å². The number of benzene rings is 1. The highest BCUT2D eigenvalue weighted by molar-refractivity contribution is 6.04. The maximum atomic E-state index is 14.8. The smallest absolute Gasteiger partial charge is 0.416 e. The number of rotatable bonds is 10. The summed E-state index contributed by atoms with van der Waals surface area (Å²) in [7, 11) is 1.37. The van der Waals surface area contributed by atoms with E-state index in [4.69, 9.17) is 9.47 Å². The van der Waals surface area contributed by atoms with Crippen molar-refractivity contribution in [1.82, 2.24) is 15.6 Å². The van der Waals surface area contributed by atoms with Crippen molar-refractivity contribution in [1.29, 1.82) is 0 Å². The normalized spacial score (nSPS) is 18.1. The lowest BCUT2D eigenvalue weighted by atomic mass is 9.77. The molecule has 2 heterocycles. The highest BCUT2D eigenvalue weighted by Gasteiger charge is 2.59. The number of methoxy groups -OCH3 is 1. The maximum Gasteiger partial charge on any atom is 0.416 e. The van der Waals surface area contributed by atoms with Crippen LogP contribution in [-0.2, 0) is 15.1 Å². The topological polar surface area (TPSA) is 110 Å². The number of hydrogen-bond acceptors (Lipinski definition) is 6. The zero-order valence-corrected chi connectivity index (χ0v) is 22.4. The van der Waals surface area contributed by atoms with E-state index in [9.17, 15) is 41.0 Å². The number of aliphatic hydroxyl groups is 1. The third kappa shape index (κ3) is 7.69. The Hall–Kier alpha value is -3.81. The monoisotopic (exact) mass is 589 g/mol. The summed E-state index contributed by atoms with van der Waals surface area (Å²) in [6, 6.07) is 7.34. The van der Waals surface area contributed by atoms with Crippen LogP contribution in [0.4, 0.5) is 26.3 Å². The molecule has 0 saturated carbocycles. The fourth-order valence-electron chi connectivity index (χ4n) is 4.13. The molecule has 0 unspecified atom stereocenters. The van der Waals surface area contributed by atoms with Crippen LogP contribution in [0.5, 0.6) is 11.5 Å². The number of nitrogens with one attached hydrogen (secondary N) is 2. The van der Waals surface area contributed by atoms with Gasteiger partial charge in [0.25, 0.3) is 5.91 Å². The average Bonchev–Trinajstić information content (AvgIpc) is 2.88. The van der Waals surface area contributed by atoms with E-state index in [1.165, 1.54) is 51.4 Å². The molecule has 3 N–H and O–H groups in total. The number of carbonyl (C=O) groups is 2. The summed E-state index contributed by atoms with van der Waals surface area (Å²) in [6.45, 7) is 1.63. The molecular weight excluding hydrogens is 560 g/mol. The minimum atomic E-state index is -5.02. The molecule has 0 aliphatic carbocycles. The van der Waals surface area contributed by atoms with E-state index in [-0.39, 0.29) is 41.2 Å². The van der Waals surface area contributed by atoms with E-state index in [1.807, 2.05) is 0 Å². The summed E-state index contributed by atoms with van der Waals surface area (Å²) >= 11 is 0. The zero-order chi connectivity index (χ0) is 30.6. The Bertz CT molecular complexity index is 1270. The van der Waals surface area contributed by atoms with Crippen LogP contribution in [0.25, 0.3) is 5.57 Å². The Labute approximate surface area is 231 Å². The van der Waals surface area contributed by atoms with Crippen molar-refractivity contribution >= 4 is 17.4 Å². The molecule has 1 atom stereocenters. The van der Waals surface area contributed by atoms with Crippen molar-refractivity contribution in [2.24, 2.45) is 0 Å². The second-order valence-corrected chi connectivity index (χ2v) is 9.91. The molecule has 1 aromatic heterocycles. The number of aromatic nitrogens is 1. The molecule has 0 fully saturated rings. The second kappa shape index (κ2) is 12.0. The van der Waals surface area contributed by atoms with Crippen molar-refractivity contribution < 1.29 is 50.5 Å². The first-order chi connectivity index (χ1) is 19.0. The molecule has 1 aromatic carbocycles. The van der Waals surface area contributed by atoms with E-state index < -0.39 is 54.7 Å². The SMILES string of the molecule is COc1ccc(C2=C(CNC(=O)C(C)(C)O)C(=O)N[C@@](c3ccc(OCCCC(F)(F)F)cc3)(C(F)(F)F)C2)nc1. The van der Waals surface area contributed by atoms with Crippen molar-refractivity contribution in [3.63, 3.8) is 0 Å². The largest absolute Gasteiger partial charge is 0.495 e. The molecule has 41 heavy (non-hydrogen) atoms. The van der Waals surface area contributed by atoms with Crippen LogP contribution in [0.1, 0.15) is 44.4 Å². The van der Waals surface area contributed by atoms with Crippen molar-refractivity contribution in [2.75, 3.05) is 20.3 Å². The molecule has 0 bridgehead atoms. The fourth-order valence-corrected chi connectivity index (χ4v) is 4.13. The Morgan fingerprint density at radius 3 is 2.22 bits per heavy atom. The highest BCUT2D eigenvalue weighted by Crippen LogP contribution is 2.48. The zero-order valence-electron chi connectivity index (χ0n) is 22.4. The van der Waals surface area contributed by atoms with Crippen LogP contribution >= 0.6 is 0 Å². The molecule has 8 nitrogen and oxygen atoms in total. The Morgan fingerprint density at radius 1 is 1.07 bits per heavy atom. The molecule has 0 spiro atoms. The summed E-state index contributed by atoms with van der Waals surface area (Å²) in [6.07, 6.45) is -10.3. The van der Waals surface area contributed by atoms with E-state index in [2.05, 4.69) is 15.6 Å². The van der Waals surface area contributed by atoms with Gasteiger partial charge in [-0.05, 0) is 55.7 Å². The maximum absolute atomic E-state index is 14.8. The van der Waals surface area contributed by atoms with Gasteiger partial charge in [0.15, 0.2) is 5.54 Å². The fraction of sp³-hybridized carbons (Fsp3) is 0.444. The molecule has 1 aliphatic rings. The minimum absolute atomic E-state index is 0.0337. The lowest BCUT2D eigenvalue weighted by molar-refractivity contribution is -0.201. The van der Waals surface area contributed by atoms with Gasteiger partial charge in [0, 0.05) is 25.0 Å². The summed E-state index contributed by atoms with van der Waals surface area (Å²) < 4.78 is 91.7. The molecule has 1 aliphatic heterocycles. The van der Waals surface area contributed by atoms with Crippen LogP contribution < -0.4 is 20.1 Å². The number of amides is 2.